The zero-order valence-electron chi connectivity index (χ0n) is 15.9. The lowest BCUT2D eigenvalue weighted by atomic mass is 10.2. The second kappa shape index (κ2) is 9.97. The van der Waals surface area contributed by atoms with Crippen molar-refractivity contribution in [2.45, 2.75) is 31.0 Å². The van der Waals surface area contributed by atoms with Gasteiger partial charge in [0.25, 0.3) is 5.56 Å². The average Bonchev–Trinajstić information content (AvgIpc) is 2.70. The maximum Gasteiger partial charge on any atom is 0.321 e. The van der Waals surface area contributed by atoms with Gasteiger partial charge in [0.1, 0.15) is 6.61 Å². The molecule has 3 N–H and O–H groups in total. The molecular weight excluding hydrogens is 396 g/mol. The van der Waals surface area contributed by atoms with Crippen LogP contribution in [0, 0.1) is 0 Å². The largest absolute Gasteiger partial charge is 0.486 e. The van der Waals surface area contributed by atoms with Gasteiger partial charge in [-0.3, -0.25) is 14.9 Å². The zero-order chi connectivity index (χ0) is 20.6. The lowest BCUT2D eigenvalue weighted by Crippen LogP contribution is -2.46. The molecule has 2 aromatic rings. The molecule has 1 aliphatic heterocycles. The standard InChI is InChI=1S/C19H22N4O5S/c1-2-5-12-8-16(24)23-19(21-12)29-11-17(25)22-18(26)20-9-13-10-27-14-6-3-4-7-15(14)28-13/h3-4,6-8,13H,2,5,9-11H2,1H3,(H,21,23,24)(H2,20,22,25,26). The summed E-state index contributed by atoms with van der Waals surface area (Å²) < 4.78 is 11.3. The minimum absolute atomic E-state index is 0.0532. The monoisotopic (exact) mass is 418 g/mol. The first-order valence-corrected chi connectivity index (χ1v) is 10.2. The average molecular weight is 418 g/mol. The number of aromatic amines is 1. The van der Waals surface area contributed by atoms with Gasteiger partial charge in [0, 0.05) is 11.8 Å². The van der Waals surface area contributed by atoms with Gasteiger partial charge in [-0.25, -0.2) is 9.78 Å². The molecule has 0 radical (unpaired) electrons. The van der Waals surface area contributed by atoms with E-state index in [1.807, 2.05) is 25.1 Å². The number of hydrogen-bond donors (Lipinski definition) is 3. The molecule has 0 fully saturated rings. The SMILES string of the molecule is CCCc1cc(=O)[nH]c(SCC(=O)NC(=O)NCC2COc3ccccc3O2)n1. The molecule has 3 amide bonds. The summed E-state index contributed by atoms with van der Waals surface area (Å²) in [5, 5.41) is 5.18. The molecule has 1 atom stereocenters. The molecule has 1 unspecified atom stereocenters. The summed E-state index contributed by atoms with van der Waals surface area (Å²) in [6, 6.07) is 8.10. The Morgan fingerprint density at radius 1 is 1.31 bits per heavy atom. The highest BCUT2D eigenvalue weighted by Gasteiger charge is 2.21. The summed E-state index contributed by atoms with van der Waals surface area (Å²) in [4.78, 5) is 42.4. The number of rotatable bonds is 7. The van der Waals surface area contributed by atoms with Crippen LogP contribution < -0.4 is 25.7 Å². The van der Waals surface area contributed by atoms with E-state index in [1.165, 1.54) is 6.07 Å². The van der Waals surface area contributed by atoms with Crippen LogP contribution in [0.25, 0.3) is 0 Å². The van der Waals surface area contributed by atoms with Gasteiger partial charge in [-0.05, 0) is 18.6 Å². The third kappa shape index (κ3) is 6.24. The number of ether oxygens (including phenoxy) is 2. The predicted molar refractivity (Wildman–Crippen MR) is 107 cm³/mol. The number of nitrogens with one attached hydrogen (secondary N) is 3. The molecule has 0 saturated heterocycles. The van der Waals surface area contributed by atoms with Crippen molar-refractivity contribution in [3.8, 4) is 11.5 Å². The van der Waals surface area contributed by atoms with Gasteiger partial charge < -0.3 is 19.8 Å². The highest BCUT2D eigenvalue weighted by molar-refractivity contribution is 7.99. The van der Waals surface area contributed by atoms with Crippen molar-refractivity contribution < 1.29 is 19.1 Å². The fourth-order valence-corrected chi connectivity index (χ4v) is 3.34. The third-order valence-corrected chi connectivity index (χ3v) is 4.80. The number of fused-ring (bicyclic) bond motifs is 1. The number of aryl methyl sites for hydroxylation is 1. The van der Waals surface area contributed by atoms with Gasteiger partial charge in [0.2, 0.25) is 5.91 Å². The molecule has 1 aromatic heterocycles. The van der Waals surface area contributed by atoms with Crippen molar-refractivity contribution in [2.75, 3.05) is 18.9 Å². The van der Waals surface area contributed by atoms with Crippen molar-refractivity contribution in [1.29, 1.82) is 0 Å². The molecule has 2 heterocycles. The van der Waals surface area contributed by atoms with Crippen molar-refractivity contribution in [1.82, 2.24) is 20.6 Å². The molecule has 154 valence electrons. The fraction of sp³-hybridized carbons (Fsp3) is 0.368. The van der Waals surface area contributed by atoms with E-state index in [4.69, 9.17) is 9.47 Å². The Bertz CT molecular complexity index is 933. The van der Waals surface area contributed by atoms with Gasteiger partial charge >= 0.3 is 6.03 Å². The van der Waals surface area contributed by atoms with E-state index in [-0.39, 0.29) is 24.0 Å². The number of nitrogens with zero attached hydrogens (tertiary/aromatic N) is 1. The number of thioether (sulfide) groups is 1. The Hall–Kier alpha value is -3.01. The minimum Gasteiger partial charge on any atom is -0.486 e. The molecule has 0 saturated carbocycles. The normalized spacial score (nSPS) is 14.9. The van der Waals surface area contributed by atoms with Crippen LogP contribution in [0.1, 0.15) is 19.0 Å². The number of imide groups is 1. The van der Waals surface area contributed by atoms with E-state index in [1.54, 1.807) is 6.07 Å². The Labute approximate surface area is 171 Å². The summed E-state index contributed by atoms with van der Waals surface area (Å²) in [6.07, 6.45) is 1.20. The molecule has 9 nitrogen and oxygen atoms in total. The van der Waals surface area contributed by atoms with E-state index < -0.39 is 11.9 Å². The first-order chi connectivity index (χ1) is 14.0. The number of carbonyl (C=O) groups excluding carboxylic acids is 2. The first kappa shape index (κ1) is 20.7. The number of carbonyl (C=O) groups is 2. The Balaban J connectivity index is 1.41. The Morgan fingerprint density at radius 3 is 2.90 bits per heavy atom. The number of para-hydroxylation sites is 2. The molecule has 29 heavy (non-hydrogen) atoms. The van der Waals surface area contributed by atoms with Gasteiger partial charge in [0.15, 0.2) is 22.8 Å². The van der Waals surface area contributed by atoms with Crippen molar-refractivity contribution in [3.63, 3.8) is 0 Å². The van der Waals surface area contributed by atoms with Crippen LogP contribution in [0.15, 0.2) is 40.3 Å². The highest BCUT2D eigenvalue weighted by Crippen LogP contribution is 2.30. The van der Waals surface area contributed by atoms with E-state index in [0.717, 1.165) is 18.2 Å². The summed E-state index contributed by atoms with van der Waals surface area (Å²) in [5.41, 5.74) is 0.411. The summed E-state index contributed by atoms with van der Waals surface area (Å²) in [7, 11) is 0. The van der Waals surface area contributed by atoms with Gasteiger partial charge in [-0.1, -0.05) is 37.2 Å². The molecule has 3 rings (SSSR count). The van der Waals surface area contributed by atoms with Crippen LogP contribution in [0.2, 0.25) is 0 Å². The number of aromatic nitrogens is 2. The van der Waals surface area contributed by atoms with Gasteiger partial charge in [0.05, 0.1) is 12.3 Å². The third-order valence-electron chi connectivity index (χ3n) is 3.93. The number of hydrogen-bond acceptors (Lipinski definition) is 7. The van der Waals surface area contributed by atoms with Crippen LogP contribution in [-0.4, -0.2) is 46.9 Å². The smallest absolute Gasteiger partial charge is 0.321 e. The van der Waals surface area contributed by atoms with Crippen LogP contribution in [0.5, 0.6) is 11.5 Å². The molecule has 10 heteroatoms. The topological polar surface area (TPSA) is 122 Å². The number of H-pyrrole nitrogens is 1. The van der Waals surface area contributed by atoms with Gasteiger partial charge in [-0.2, -0.15) is 0 Å². The van der Waals surface area contributed by atoms with E-state index in [0.29, 0.717) is 35.4 Å². The maximum absolute atomic E-state index is 12.0. The van der Waals surface area contributed by atoms with Crippen molar-refractivity contribution in [3.05, 3.63) is 46.4 Å². The Morgan fingerprint density at radius 2 is 2.10 bits per heavy atom. The molecule has 0 spiro atoms. The number of urea groups is 1. The van der Waals surface area contributed by atoms with Crippen LogP contribution in [-0.2, 0) is 11.2 Å². The minimum atomic E-state index is -0.626. The first-order valence-electron chi connectivity index (χ1n) is 9.22. The van der Waals surface area contributed by atoms with Crippen LogP contribution in [0.3, 0.4) is 0 Å². The zero-order valence-corrected chi connectivity index (χ0v) is 16.7. The summed E-state index contributed by atoms with van der Waals surface area (Å²) in [6.45, 7) is 2.48. The molecular formula is C19H22N4O5S. The molecule has 0 bridgehead atoms. The number of amides is 3. The molecule has 0 aliphatic carbocycles. The van der Waals surface area contributed by atoms with Crippen molar-refractivity contribution in [2.24, 2.45) is 0 Å². The quantitative estimate of drug-likeness (QED) is 0.460. The van der Waals surface area contributed by atoms with Crippen molar-refractivity contribution >= 4 is 23.7 Å². The van der Waals surface area contributed by atoms with Crippen LogP contribution >= 0.6 is 11.8 Å². The Kier molecular flexibility index (Phi) is 7.12. The maximum atomic E-state index is 12.0. The van der Waals surface area contributed by atoms with E-state index in [2.05, 4.69) is 20.6 Å². The molecule has 1 aromatic carbocycles. The van der Waals surface area contributed by atoms with E-state index >= 15 is 0 Å². The second-order valence-electron chi connectivity index (χ2n) is 6.34. The van der Waals surface area contributed by atoms with Gasteiger partial charge in [-0.15, -0.1) is 0 Å². The molecule has 1 aliphatic rings. The lowest BCUT2D eigenvalue weighted by Gasteiger charge is -2.26. The fourth-order valence-electron chi connectivity index (χ4n) is 2.65. The van der Waals surface area contributed by atoms with E-state index in [9.17, 15) is 14.4 Å². The van der Waals surface area contributed by atoms with Crippen LogP contribution in [0.4, 0.5) is 4.79 Å². The summed E-state index contributed by atoms with van der Waals surface area (Å²) in [5.74, 6) is 0.727. The highest BCUT2D eigenvalue weighted by atomic mass is 32.2. The second-order valence-corrected chi connectivity index (χ2v) is 7.30. The number of benzene rings is 1. The summed E-state index contributed by atoms with van der Waals surface area (Å²) >= 11 is 1.06. The predicted octanol–water partition coefficient (Wildman–Crippen LogP) is 1.48. The lowest BCUT2D eigenvalue weighted by molar-refractivity contribution is -0.117.